The first-order valence-corrected chi connectivity index (χ1v) is 7.28. The minimum atomic E-state index is -0.842. The lowest BCUT2D eigenvalue weighted by atomic mass is 10.2. The molecule has 1 aliphatic heterocycles. The summed E-state index contributed by atoms with van der Waals surface area (Å²) < 4.78 is 7.06. The summed E-state index contributed by atoms with van der Waals surface area (Å²) in [6.45, 7) is 4.03. The first-order valence-electron chi connectivity index (χ1n) is 7.28. The number of carbonyl (C=O) groups is 1. The van der Waals surface area contributed by atoms with Gasteiger partial charge in [0.05, 0.1) is 25.1 Å². The maximum absolute atomic E-state index is 11.3. The molecule has 1 atom stereocenters. The van der Waals surface area contributed by atoms with Gasteiger partial charge in [0.1, 0.15) is 6.04 Å². The Hall–Kier alpha value is -2.18. The van der Waals surface area contributed by atoms with Crippen LogP contribution < -0.4 is 0 Å². The second-order valence-corrected chi connectivity index (χ2v) is 5.53. The van der Waals surface area contributed by atoms with Crippen molar-refractivity contribution in [3.05, 3.63) is 47.8 Å². The summed E-state index contributed by atoms with van der Waals surface area (Å²) in [6.07, 6.45) is 3.73. The molecule has 3 rings (SSSR count). The van der Waals surface area contributed by atoms with Gasteiger partial charge in [-0.05, 0) is 19.1 Å². The van der Waals surface area contributed by atoms with Gasteiger partial charge in [0, 0.05) is 24.8 Å². The lowest BCUT2D eigenvalue weighted by Gasteiger charge is -2.32. The van der Waals surface area contributed by atoms with Crippen LogP contribution in [0.25, 0.3) is 5.69 Å². The molecule has 1 aromatic heterocycles. The third kappa shape index (κ3) is 3.18. The van der Waals surface area contributed by atoms with E-state index in [-0.39, 0.29) is 6.61 Å². The Labute approximate surface area is 128 Å². The van der Waals surface area contributed by atoms with Gasteiger partial charge >= 0.3 is 5.97 Å². The molecule has 0 unspecified atom stereocenters. The number of nitrogens with zero attached hydrogens (tertiary/aromatic N) is 3. The van der Waals surface area contributed by atoms with Crippen molar-refractivity contribution >= 4 is 5.97 Å². The molecule has 0 bridgehead atoms. The SMILES string of the molecule is Cc1ccc(-n2cc(CN3CCOC[C@@H]3C(=O)O)cn2)cc1. The number of carboxylic acid groups (broad SMARTS) is 1. The number of aliphatic carboxylic acids is 1. The van der Waals surface area contributed by atoms with Gasteiger partial charge in [-0.3, -0.25) is 9.69 Å². The Bertz CT molecular complexity index is 651. The van der Waals surface area contributed by atoms with Crippen molar-refractivity contribution in [1.29, 1.82) is 0 Å². The highest BCUT2D eigenvalue weighted by atomic mass is 16.5. The lowest BCUT2D eigenvalue weighted by Crippen LogP contribution is -2.49. The molecule has 0 radical (unpaired) electrons. The van der Waals surface area contributed by atoms with E-state index < -0.39 is 12.0 Å². The fraction of sp³-hybridized carbons (Fsp3) is 0.375. The van der Waals surface area contributed by atoms with Gasteiger partial charge in [-0.25, -0.2) is 4.68 Å². The number of benzene rings is 1. The molecule has 2 aromatic rings. The van der Waals surface area contributed by atoms with E-state index in [1.807, 2.05) is 47.0 Å². The maximum Gasteiger partial charge on any atom is 0.323 e. The number of aryl methyl sites for hydroxylation is 1. The zero-order chi connectivity index (χ0) is 15.5. The van der Waals surface area contributed by atoms with Gasteiger partial charge in [0.2, 0.25) is 0 Å². The van der Waals surface area contributed by atoms with Gasteiger partial charge in [-0.15, -0.1) is 0 Å². The Morgan fingerprint density at radius 1 is 1.41 bits per heavy atom. The molecule has 0 amide bonds. The van der Waals surface area contributed by atoms with Crippen LogP contribution in [0, 0.1) is 6.92 Å². The zero-order valence-corrected chi connectivity index (χ0v) is 12.5. The van der Waals surface area contributed by atoms with Gasteiger partial charge in [-0.1, -0.05) is 17.7 Å². The van der Waals surface area contributed by atoms with Crippen molar-refractivity contribution in [2.24, 2.45) is 0 Å². The van der Waals surface area contributed by atoms with E-state index in [1.165, 1.54) is 5.56 Å². The van der Waals surface area contributed by atoms with Crippen molar-refractivity contribution in [3.8, 4) is 5.69 Å². The smallest absolute Gasteiger partial charge is 0.323 e. The Balaban J connectivity index is 1.73. The van der Waals surface area contributed by atoms with E-state index in [0.29, 0.717) is 19.7 Å². The van der Waals surface area contributed by atoms with Crippen LogP contribution in [0.15, 0.2) is 36.7 Å². The summed E-state index contributed by atoms with van der Waals surface area (Å²) in [5.74, 6) is -0.842. The summed E-state index contributed by atoms with van der Waals surface area (Å²) in [5, 5.41) is 13.6. The normalized spacial score (nSPS) is 19.2. The number of morpholine rings is 1. The second kappa shape index (κ2) is 6.29. The Kier molecular flexibility index (Phi) is 4.22. The highest BCUT2D eigenvalue weighted by molar-refractivity contribution is 5.73. The molecule has 1 aliphatic rings. The highest BCUT2D eigenvalue weighted by Crippen LogP contribution is 2.14. The molecular weight excluding hydrogens is 282 g/mol. The van der Waals surface area contributed by atoms with Crippen molar-refractivity contribution in [1.82, 2.24) is 14.7 Å². The van der Waals surface area contributed by atoms with E-state index in [4.69, 9.17) is 4.74 Å². The molecule has 6 heteroatoms. The number of rotatable bonds is 4. The molecule has 0 saturated carbocycles. The van der Waals surface area contributed by atoms with E-state index in [2.05, 4.69) is 5.10 Å². The predicted molar refractivity (Wildman–Crippen MR) is 81.0 cm³/mol. The number of aromatic nitrogens is 2. The summed E-state index contributed by atoms with van der Waals surface area (Å²) >= 11 is 0. The first kappa shape index (κ1) is 14.7. The topological polar surface area (TPSA) is 67.6 Å². The molecule has 1 aromatic carbocycles. The van der Waals surface area contributed by atoms with E-state index >= 15 is 0 Å². The van der Waals surface area contributed by atoms with E-state index in [0.717, 1.165) is 11.3 Å². The van der Waals surface area contributed by atoms with E-state index in [9.17, 15) is 9.90 Å². The van der Waals surface area contributed by atoms with Gasteiger partial charge in [0.25, 0.3) is 0 Å². The van der Waals surface area contributed by atoms with Gasteiger partial charge in [0.15, 0.2) is 0 Å². The lowest BCUT2D eigenvalue weighted by molar-refractivity contribution is -0.150. The van der Waals surface area contributed by atoms with Crippen LogP contribution in [0.2, 0.25) is 0 Å². The van der Waals surface area contributed by atoms with Crippen LogP contribution in [0.1, 0.15) is 11.1 Å². The fourth-order valence-electron chi connectivity index (χ4n) is 2.57. The van der Waals surface area contributed by atoms with Crippen LogP contribution >= 0.6 is 0 Å². The average molecular weight is 301 g/mol. The summed E-state index contributed by atoms with van der Waals surface area (Å²) in [4.78, 5) is 13.2. The Morgan fingerprint density at radius 3 is 2.91 bits per heavy atom. The monoisotopic (exact) mass is 301 g/mol. The molecule has 22 heavy (non-hydrogen) atoms. The van der Waals surface area contributed by atoms with Crippen LogP contribution in [0.4, 0.5) is 0 Å². The number of ether oxygens (including phenoxy) is 1. The summed E-state index contributed by atoms with van der Waals surface area (Å²) in [7, 11) is 0. The van der Waals surface area contributed by atoms with Crippen molar-refractivity contribution < 1.29 is 14.6 Å². The molecule has 1 saturated heterocycles. The minimum Gasteiger partial charge on any atom is -0.480 e. The number of hydrogen-bond donors (Lipinski definition) is 1. The average Bonchev–Trinajstić information content (AvgIpc) is 2.97. The summed E-state index contributed by atoms with van der Waals surface area (Å²) in [5.41, 5.74) is 3.19. The van der Waals surface area contributed by atoms with Gasteiger partial charge < -0.3 is 9.84 Å². The third-order valence-corrected chi connectivity index (χ3v) is 3.84. The molecular formula is C16H19N3O3. The molecule has 1 fully saturated rings. The van der Waals surface area contributed by atoms with Gasteiger partial charge in [-0.2, -0.15) is 5.10 Å². The zero-order valence-electron chi connectivity index (χ0n) is 12.5. The number of carboxylic acids is 1. The van der Waals surface area contributed by atoms with Crippen LogP contribution in [-0.2, 0) is 16.1 Å². The molecule has 0 aliphatic carbocycles. The largest absolute Gasteiger partial charge is 0.480 e. The van der Waals surface area contributed by atoms with Crippen LogP contribution in [0.5, 0.6) is 0 Å². The predicted octanol–water partition coefficient (Wildman–Crippen LogP) is 1.47. The first-order chi connectivity index (χ1) is 10.6. The molecule has 2 heterocycles. The van der Waals surface area contributed by atoms with Crippen LogP contribution in [-0.4, -0.2) is 51.6 Å². The molecule has 116 valence electrons. The molecule has 1 N–H and O–H groups in total. The van der Waals surface area contributed by atoms with E-state index in [1.54, 1.807) is 6.20 Å². The third-order valence-electron chi connectivity index (χ3n) is 3.84. The molecule has 0 spiro atoms. The number of hydrogen-bond acceptors (Lipinski definition) is 4. The van der Waals surface area contributed by atoms with Crippen molar-refractivity contribution in [2.45, 2.75) is 19.5 Å². The summed E-state index contributed by atoms with van der Waals surface area (Å²) in [6, 6.07) is 7.52. The Morgan fingerprint density at radius 2 is 2.18 bits per heavy atom. The van der Waals surface area contributed by atoms with Crippen molar-refractivity contribution in [3.63, 3.8) is 0 Å². The quantitative estimate of drug-likeness (QED) is 0.926. The second-order valence-electron chi connectivity index (χ2n) is 5.53. The minimum absolute atomic E-state index is 0.238. The standard InChI is InChI=1S/C16H19N3O3/c1-12-2-4-14(5-3-12)19-10-13(8-17-19)9-18-6-7-22-11-15(18)16(20)21/h2-5,8,10,15H,6-7,9,11H2,1H3,(H,20,21)/t15-/m1/s1. The fourth-order valence-corrected chi connectivity index (χ4v) is 2.57. The molecule has 6 nitrogen and oxygen atoms in total. The maximum atomic E-state index is 11.3. The highest BCUT2D eigenvalue weighted by Gasteiger charge is 2.29. The van der Waals surface area contributed by atoms with Crippen molar-refractivity contribution in [2.75, 3.05) is 19.8 Å². The van der Waals surface area contributed by atoms with Crippen LogP contribution in [0.3, 0.4) is 0 Å².